The molecule has 2 aromatic carbocycles. The highest BCUT2D eigenvalue weighted by atomic mass is 16.5. The van der Waals surface area contributed by atoms with Gasteiger partial charge in [0, 0.05) is 50.1 Å². The molecule has 2 aromatic rings. The summed E-state index contributed by atoms with van der Waals surface area (Å²) in [6, 6.07) is 14.5. The van der Waals surface area contributed by atoms with Gasteiger partial charge in [-0.15, -0.1) is 0 Å². The Bertz CT molecular complexity index is 1010. The number of anilines is 1. The first-order valence-electron chi connectivity index (χ1n) is 11.1. The van der Waals surface area contributed by atoms with Crippen LogP contribution in [0.2, 0.25) is 0 Å². The molecule has 2 heterocycles. The SMILES string of the molecule is COc1cc(NC2=C(c3ccccc3)C(=O)N(CCCN3CCOCC3)C2=O)cc(OC)c1. The summed E-state index contributed by atoms with van der Waals surface area (Å²) < 4.78 is 16.1. The van der Waals surface area contributed by atoms with E-state index < -0.39 is 0 Å². The van der Waals surface area contributed by atoms with Crippen LogP contribution in [0, 0.1) is 0 Å². The molecule has 0 unspecified atom stereocenters. The predicted octanol–water partition coefficient (Wildman–Crippen LogP) is 2.62. The Morgan fingerprint density at radius 2 is 1.58 bits per heavy atom. The maximum Gasteiger partial charge on any atom is 0.278 e. The van der Waals surface area contributed by atoms with Gasteiger partial charge in [-0.3, -0.25) is 19.4 Å². The van der Waals surface area contributed by atoms with E-state index in [4.69, 9.17) is 14.2 Å². The molecule has 0 aromatic heterocycles. The molecule has 0 aliphatic carbocycles. The minimum Gasteiger partial charge on any atom is -0.497 e. The lowest BCUT2D eigenvalue weighted by atomic mass is 10.0. The highest BCUT2D eigenvalue weighted by molar-refractivity contribution is 6.36. The van der Waals surface area contributed by atoms with Gasteiger partial charge in [0.15, 0.2) is 0 Å². The average Bonchev–Trinajstić information content (AvgIpc) is 3.09. The van der Waals surface area contributed by atoms with Crippen LogP contribution in [-0.4, -0.2) is 75.2 Å². The van der Waals surface area contributed by atoms with Gasteiger partial charge in [-0.1, -0.05) is 30.3 Å². The average molecular weight is 452 g/mol. The van der Waals surface area contributed by atoms with E-state index in [0.717, 1.165) is 32.8 Å². The molecular weight excluding hydrogens is 422 g/mol. The lowest BCUT2D eigenvalue weighted by Crippen LogP contribution is -2.39. The van der Waals surface area contributed by atoms with Crippen LogP contribution in [0.15, 0.2) is 54.2 Å². The zero-order chi connectivity index (χ0) is 23.2. The summed E-state index contributed by atoms with van der Waals surface area (Å²) in [5.74, 6) is 0.545. The Balaban J connectivity index is 1.58. The molecule has 4 rings (SSSR count). The normalized spacial score (nSPS) is 17.0. The Labute approximate surface area is 193 Å². The van der Waals surface area contributed by atoms with Crippen LogP contribution in [0.1, 0.15) is 12.0 Å². The molecule has 1 fully saturated rings. The van der Waals surface area contributed by atoms with Crippen LogP contribution in [-0.2, 0) is 14.3 Å². The van der Waals surface area contributed by atoms with Gasteiger partial charge < -0.3 is 19.5 Å². The van der Waals surface area contributed by atoms with Gasteiger partial charge in [-0.25, -0.2) is 0 Å². The molecule has 0 radical (unpaired) electrons. The Hall–Kier alpha value is -3.36. The summed E-state index contributed by atoms with van der Waals surface area (Å²) in [6.45, 7) is 4.37. The van der Waals surface area contributed by atoms with E-state index in [2.05, 4.69) is 10.2 Å². The summed E-state index contributed by atoms with van der Waals surface area (Å²) in [5, 5.41) is 3.17. The van der Waals surface area contributed by atoms with Crippen molar-refractivity contribution in [2.45, 2.75) is 6.42 Å². The fourth-order valence-corrected chi connectivity index (χ4v) is 4.07. The molecule has 174 valence electrons. The molecule has 33 heavy (non-hydrogen) atoms. The minimum absolute atomic E-state index is 0.257. The van der Waals surface area contributed by atoms with Gasteiger partial charge in [-0.2, -0.15) is 0 Å². The molecule has 0 atom stereocenters. The van der Waals surface area contributed by atoms with Crippen molar-refractivity contribution >= 4 is 23.1 Å². The monoisotopic (exact) mass is 451 g/mol. The quantitative estimate of drug-likeness (QED) is 0.587. The number of morpholine rings is 1. The third kappa shape index (κ3) is 5.18. The largest absolute Gasteiger partial charge is 0.497 e. The summed E-state index contributed by atoms with van der Waals surface area (Å²) >= 11 is 0. The molecule has 0 bridgehead atoms. The number of ether oxygens (including phenoxy) is 3. The maximum atomic E-state index is 13.4. The second-order valence-electron chi connectivity index (χ2n) is 7.91. The van der Waals surface area contributed by atoms with Gasteiger partial charge in [0.2, 0.25) is 0 Å². The van der Waals surface area contributed by atoms with Crippen molar-refractivity contribution in [3.05, 3.63) is 59.8 Å². The number of hydrogen-bond acceptors (Lipinski definition) is 7. The lowest BCUT2D eigenvalue weighted by Gasteiger charge is -2.27. The van der Waals surface area contributed by atoms with Gasteiger partial charge in [0.1, 0.15) is 17.2 Å². The molecule has 8 nitrogen and oxygen atoms in total. The number of hydrogen-bond donors (Lipinski definition) is 1. The van der Waals surface area contributed by atoms with Crippen molar-refractivity contribution in [3.8, 4) is 11.5 Å². The second-order valence-corrected chi connectivity index (χ2v) is 7.91. The van der Waals surface area contributed by atoms with Crippen molar-refractivity contribution < 1.29 is 23.8 Å². The van der Waals surface area contributed by atoms with Crippen molar-refractivity contribution in [2.24, 2.45) is 0 Å². The van der Waals surface area contributed by atoms with Gasteiger partial charge in [-0.05, 0) is 12.0 Å². The van der Waals surface area contributed by atoms with E-state index in [1.165, 1.54) is 4.90 Å². The molecule has 2 aliphatic heterocycles. The number of nitrogens with zero attached hydrogens (tertiary/aromatic N) is 2. The van der Waals surface area contributed by atoms with Crippen LogP contribution in [0.5, 0.6) is 11.5 Å². The lowest BCUT2D eigenvalue weighted by molar-refractivity contribution is -0.136. The number of carbonyl (C=O) groups excluding carboxylic acids is 2. The first-order valence-corrected chi connectivity index (χ1v) is 11.1. The number of imide groups is 1. The zero-order valence-corrected chi connectivity index (χ0v) is 19.0. The molecule has 0 spiro atoms. The van der Waals surface area contributed by atoms with Crippen LogP contribution in [0.3, 0.4) is 0 Å². The van der Waals surface area contributed by atoms with Crippen molar-refractivity contribution in [3.63, 3.8) is 0 Å². The van der Waals surface area contributed by atoms with E-state index >= 15 is 0 Å². The number of nitrogens with one attached hydrogen (secondary N) is 1. The Morgan fingerprint density at radius 3 is 2.21 bits per heavy atom. The highest BCUT2D eigenvalue weighted by Crippen LogP contribution is 2.33. The van der Waals surface area contributed by atoms with Crippen LogP contribution in [0.4, 0.5) is 5.69 Å². The summed E-state index contributed by atoms with van der Waals surface area (Å²) in [5.41, 5.74) is 1.93. The molecule has 2 amide bonds. The van der Waals surface area contributed by atoms with Crippen LogP contribution < -0.4 is 14.8 Å². The van der Waals surface area contributed by atoms with E-state index in [0.29, 0.717) is 41.3 Å². The second kappa shape index (κ2) is 10.5. The highest BCUT2D eigenvalue weighted by Gasteiger charge is 2.39. The Morgan fingerprint density at radius 1 is 0.909 bits per heavy atom. The van der Waals surface area contributed by atoms with Crippen LogP contribution >= 0.6 is 0 Å². The summed E-state index contributed by atoms with van der Waals surface area (Å²) in [4.78, 5) is 30.4. The molecule has 1 N–H and O–H groups in total. The Kier molecular flexibility index (Phi) is 7.26. The number of carbonyl (C=O) groups is 2. The summed E-state index contributed by atoms with van der Waals surface area (Å²) in [7, 11) is 3.13. The topological polar surface area (TPSA) is 80.3 Å². The number of benzene rings is 2. The fraction of sp³-hybridized carbons (Fsp3) is 0.360. The zero-order valence-electron chi connectivity index (χ0n) is 19.0. The number of amides is 2. The first kappa shape index (κ1) is 22.8. The van der Waals surface area contributed by atoms with E-state index in [1.807, 2.05) is 30.3 Å². The molecule has 0 saturated carbocycles. The number of rotatable bonds is 9. The maximum absolute atomic E-state index is 13.4. The van der Waals surface area contributed by atoms with E-state index in [9.17, 15) is 9.59 Å². The van der Waals surface area contributed by atoms with Gasteiger partial charge in [0.05, 0.1) is 33.0 Å². The van der Waals surface area contributed by atoms with E-state index in [-0.39, 0.29) is 17.5 Å². The third-order valence-electron chi connectivity index (χ3n) is 5.81. The standard InChI is InChI=1S/C25H29N3O5/c1-31-20-15-19(16-21(17-20)32-2)26-23-22(18-7-4-3-5-8-18)24(29)28(25(23)30)10-6-9-27-11-13-33-14-12-27/h3-5,7-8,15-17,26H,6,9-14H2,1-2H3. The van der Waals surface area contributed by atoms with Crippen molar-refractivity contribution in [1.82, 2.24) is 9.80 Å². The van der Waals surface area contributed by atoms with Crippen molar-refractivity contribution in [1.29, 1.82) is 0 Å². The predicted molar refractivity (Wildman–Crippen MR) is 125 cm³/mol. The van der Waals surface area contributed by atoms with Crippen LogP contribution in [0.25, 0.3) is 5.57 Å². The first-order chi connectivity index (χ1) is 16.1. The van der Waals surface area contributed by atoms with Gasteiger partial charge in [0.25, 0.3) is 11.8 Å². The van der Waals surface area contributed by atoms with E-state index in [1.54, 1.807) is 32.4 Å². The number of methoxy groups -OCH3 is 2. The molecular formula is C25H29N3O5. The smallest absolute Gasteiger partial charge is 0.278 e. The third-order valence-corrected chi connectivity index (χ3v) is 5.81. The molecule has 8 heteroatoms. The molecule has 1 saturated heterocycles. The summed E-state index contributed by atoms with van der Waals surface area (Å²) in [6.07, 6.45) is 0.708. The minimum atomic E-state index is -0.331. The van der Waals surface area contributed by atoms with Crippen molar-refractivity contribution in [2.75, 3.05) is 58.9 Å². The fourth-order valence-electron chi connectivity index (χ4n) is 4.07. The molecule has 2 aliphatic rings. The van der Waals surface area contributed by atoms with Gasteiger partial charge >= 0.3 is 0 Å².